The van der Waals surface area contributed by atoms with E-state index in [1.807, 2.05) is 12.1 Å². The number of nitrogens with zero attached hydrogens (tertiary/aromatic N) is 3. The Morgan fingerprint density at radius 1 is 0.941 bits per heavy atom. The molecule has 0 bridgehead atoms. The molecule has 184 valence electrons. The van der Waals surface area contributed by atoms with E-state index in [-0.39, 0.29) is 12.0 Å². The van der Waals surface area contributed by atoms with Crippen LogP contribution < -0.4 is 10.1 Å². The Hall–Kier alpha value is -3.13. The number of ether oxygens (including phenoxy) is 1. The van der Waals surface area contributed by atoms with Crippen molar-refractivity contribution in [3.63, 3.8) is 0 Å². The Morgan fingerprint density at radius 3 is 2.03 bits per heavy atom. The maximum atomic E-state index is 12.5. The Bertz CT molecular complexity index is 908. The van der Waals surface area contributed by atoms with Crippen molar-refractivity contribution in [2.75, 3.05) is 13.1 Å². The highest BCUT2D eigenvalue weighted by Crippen LogP contribution is 2.17. The molecule has 34 heavy (non-hydrogen) atoms. The van der Waals surface area contributed by atoms with Crippen LogP contribution in [0.15, 0.2) is 49.1 Å². The van der Waals surface area contributed by atoms with Gasteiger partial charge in [0.2, 0.25) is 0 Å². The van der Waals surface area contributed by atoms with Crippen LogP contribution in [-0.2, 0) is 12.8 Å². The van der Waals surface area contributed by atoms with Gasteiger partial charge in [0.25, 0.3) is 5.91 Å². The van der Waals surface area contributed by atoms with E-state index in [1.165, 1.54) is 0 Å². The van der Waals surface area contributed by atoms with Gasteiger partial charge in [0.05, 0.1) is 0 Å². The molecule has 1 aromatic carbocycles. The monoisotopic (exact) mass is 466 g/mol. The van der Waals surface area contributed by atoms with Gasteiger partial charge in [-0.25, -0.2) is 9.97 Å². The van der Waals surface area contributed by atoms with E-state index in [4.69, 9.17) is 4.74 Å². The van der Waals surface area contributed by atoms with Crippen molar-refractivity contribution >= 4 is 5.91 Å². The highest BCUT2D eigenvalue weighted by atomic mass is 16.5. The van der Waals surface area contributed by atoms with Gasteiger partial charge in [0.15, 0.2) is 0 Å². The van der Waals surface area contributed by atoms with Crippen LogP contribution >= 0.6 is 0 Å². The standard InChI is InChI=1S/C26H38N6O2/c1-19(2)32(20(3)4)16-6-5-11-31-26(33)21-7-9-22(10-8-21)34-23(17-24-27-12-13-28-24)18-25-29-14-15-30-25/h7-10,12-15,19-20,23H,5-6,11,16-18H2,1-4H3,(H,27,28)(H,29,30)(H,31,33). The van der Waals surface area contributed by atoms with Crippen molar-refractivity contribution in [1.29, 1.82) is 0 Å². The number of aromatic nitrogens is 4. The SMILES string of the molecule is CC(C)N(CCCCNC(=O)c1ccc(OC(Cc2ncc[nH]2)Cc2ncc[nH]2)cc1)C(C)C. The van der Waals surface area contributed by atoms with Gasteiger partial charge in [-0.15, -0.1) is 0 Å². The molecule has 0 aliphatic carbocycles. The second kappa shape index (κ2) is 12.9. The lowest BCUT2D eigenvalue weighted by Gasteiger charge is -2.30. The predicted octanol–water partition coefficient (Wildman–Crippen LogP) is 3.99. The zero-order valence-corrected chi connectivity index (χ0v) is 20.8. The van der Waals surface area contributed by atoms with Crippen molar-refractivity contribution in [2.24, 2.45) is 0 Å². The summed E-state index contributed by atoms with van der Waals surface area (Å²) in [5.74, 6) is 2.37. The second-order valence-corrected chi connectivity index (χ2v) is 9.13. The maximum absolute atomic E-state index is 12.5. The number of nitrogens with one attached hydrogen (secondary N) is 3. The molecule has 0 atom stereocenters. The number of hydrogen-bond acceptors (Lipinski definition) is 5. The maximum Gasteiger partial charge on any atom is 0.251 e. The van der Waals surface area contributed by atoms with Gasteiger partial charge in [0.1, 0.15) is 23.5 Å². The van der Waals surface area contributed by atoms with Crippen LogP contribution in [0.2, 0.25) is 0 Å². The number of amides is 1. The molecule has 1 amide bonds. The number of rotatable bonds is 14. The molecule has 0 radical (unpaired) electrons. The molecule has 0 aliphatic heterocycles. The predicted molar refractivity (Wildman–Crippen MR) is 134 cm³/mol. The molecule has 3 aromatic rings. The molecule has 8 nitrogen and oxygen atoms in total. The molecule has 2 aromatic heterocycles. The Labute approximate surface area is 202 Å². The zero-order chi connectivity index (χ0) is 24.3. The van der Waals surface area contributed by atoms with E-state index < -0.39 is 0 Å². The van der Waals surface area contributed by atoms with Crippen LogP contribution in [0.1, 0.15) is 62.5 Å². The van der Waals surface area contributed by atoms with E-state index in [9.17, 15) is 4.79 Å². The normalized spacial score (nSPS) is 11.6. The minimum Gasteiger partial charge on any atom is -0.489 e. The third-order valence-electron chi connectivity index (χ3n) is 5.83. The van der Waals surface area contributed by atoms with E-state index in [2.05, 4.69) is 57.8 Å². The number of aromatic amines is 2. The molecule has 0 aliphatic rings. The summed E-state index contributed by atoms with van der Waals surface area (Å²) in [7, 11) is 0. The largest absolute Gasteiger partial charge is 0.489 e. The molecule has 2 heterocycles. The molecule has 3 N–H and O–H groups in total. The smallest absolute Gasteiger partial charge is 0.251 e. The molecule has 3 rings (SSSR count). The first-order chi connectivity index (χ1) is 16.4. The summed E-state index contributed by atoms with van der Waals surface area (Å²) < 4.78 is 6.21. The van der Waals surface area contributed by atoms with Gasteiger partial charge in [-0.2, -0.15) is 0 Å². The van der Waals surface area contributed by atoms with Crippen molar-refractivity contribution in [3.8, 4) is 5.75 Å². The Kier molecular flexibility index (Phi) is 9.70. The molecule has 0 spiro atoms. The number of carbonyl (C=O) groups excluding carboxylic acids is 1. The van der Waals surface area contributed by atoms with Crippen LogP contribution in [0, 0.1) is 0 Å². The molecule has 0 saturated carbocycles. The van der Waals surface area contributed by atoms with Crippen molar-refractivity contribution in [2.45, 2.75) is 71.6 Å². The lowest BCUT2D eigenvalue weighted by atomic mass is 10.1. The Morgan fingerprint density at radius 2 is 1.53 bits per heavy atom. The van der Waals surface area contributed by atoms with Crippen molar-refractivity contribution in [1.82, 2.24) is 30.2 Å². The fourth-order valence-electron chi connectivity index (χ4n) is 4.12. The van der Waals surface area contributed by atoms with E-state index >= 15 is 0 Å². The summed E-state index contributed by atoms with van der Waals surface area (Å²) in [6.07, 6.45) is 10.2. The van der Waals surface area contributed by atoms with E-state index in [0.29, 0.717) is 42.8 Å². The minimum atomic E-state index is -0.145. The van der Waals surface area contributed by atoms with Gasteiger partial charge in [0, 0.05) is 61.8 Å². The van der Waals surface area contributed by atoms with Crippen molar-refractivity contribution < 1.29 is 9.53 Å². The van der Waals surface area contributed by atoms with Gasteiger partial charge in [-0.05, 0) is 71.3 Å². The molecular weight excluding hydrogens is 428 g/mol. The summed E-state index contributed by atoms with van der Waals surface area (Å²) in [5.41, 5.74) is 0.631. The number of hydrogen-bond donors (Lipinski definition) is 3. The minimum absolute atomic E-state index is 0.0566. The summed E-state index contributed by atoms with van der Waals surface area (Å²) in [5, 5.41) is 3.03. The Balaban J connectivity index is 1.47. The van der Waals surface area contributed by atoms with Crippen LogP contribution in [0.5, 0.6) is 5.75 Å². The number of unbranched alkanes of at least 4 members (excludes halogenated alkanes) is 1. The van der Waals surface area contributed by atoms with Gasteiger partial charge >= 0.3 is 0 Å². The van der Waals surface area contributed by atoms with Gasteiger partial charge < -0.3 is 20.0 Å². The highest BCUT2D eigenvalue weighted by Gasteiger charge is 2.16. The summed E-state index contributed by atoms with van der Waals surface area (Å²) in [4.78, 5) is 29.9. The van der Waals surface area contributed by atoms with Gasteiger partial charge in [-0.3, -0.25) is 9.69 Å². The second-order valence-electron chi connectivity index (χ2n) is 9.13. The lowest BCUT2D eigenvalue weighted by molar-refractivity contribution is 0.0951. The first kappa shape index (κ1) is 25.5. The summed E-state index contributed by atoms with van der Waals surface area (Å²) in [6.45, 7) is 10.6. The summed E-state index contributed by atoms with van der Waals surface area (Å²) in [6, 6.07) is 8.37. The molecule has 0 unspecified atom stereocenters. The molecular formula is C26H38N6O2. The summed E-state index contributed by atoms with van der Waals surface area (Å²) >= 11 is 0. The number of benzene rings is 1. The number of H-pyrrole nitrogens is 2. The quantitative estimate of drug-likeness (QED) is 0.312. The lowest BCUT2D eigenvalue weighted by Crippen LogP contribution is -2.38. The third-order valence-corrected chi connectivity index (χ3v) is 5.83. The average molecular weight is 467 g/mol. The van der Waals surface area contributed by atoms with Crippen molar-refractivity contribution in [3.05, 3.63) is 66.3 Å². The van der Waals surface area contributed by atoms with Gasteiger partial charge in [-0.1, -0.05) is 0 Å². The van der Waals surface area contributed by atoms with Crippen LogP contribution in [0.25, 0.3) is 0 Å². The van der Waals surface area contributed by atoms with Crippen LogP contribution in [0.3, 0.4) is 0 Å². The molecule has 0 saturated heterocycles. The molecule has 0 fully saturated rings. The van der Waals surface area contributed by atoms with E-state index in [1.54, 1.807) is 36.9 Å². The third kappa shape index (κ3) is 8.02. The zero-order valence-electron chi connectivity index (χ0n) is 20.8. The fraction of sp³-hybridized carbons (Fsp3) is 0.500. The first-order valence-corrected chi connectivity index (χ1v) is 12.2. The van der Waals surface area contributed by atoms with Crippen LogP contribution in [-0.4, -0.2) is 62.0 Å². The highest BCUT2D eigenvalue weighted by molar-refractivity contribution is 5.94. The fourth-order valence-corrected chi connectivity index (χ4v) is 4.12. The van der Waals surface area contributed by atoms with Crippen LogP contribution in [0.4, 0.5) is 0 Å². The first-order valence-electron chi connectivity index (χ1n) is 12.2. The number of carbonyl (C=O) groups is 1. The van der Waals surface area contributed by atoms with E-state index in [0.717, 1.165) is 31.0 Å². The topological polar surface area (TPSA) is 98.9 Å². The number of imidazole rings is 2. The molecule has 8 heteroatoms. The average Bonchev–Trinajstić information content (AvgIpc) is 3.50.